The molecule has 29 heavy (non-hydrogen) atoms. The number of carbonyl (C=O) groups excluding carboxylic acids is 1. The van der Waals surface area contributed by atoms with Crippen LogP contribution in [0.1, 0.15) is 59.2 Å². The van der Waals surface area contributed by atoms with Crippen LogP contribution in [0, 0.1) is 13.8 Å². The monoisotopic (exact) mass is 410 g/mol. The van der Waals surface area contributed by atoms with E-state index in [0.29, 0.717) is 17.9 Å². The minimum atomic E-state index is -0.0483. The minimum Gasteiger partial charge on any atom is -0.507 e. The van der Waals surface area contributed by atoms with E-state index in [-0.39, 0.29) is 5.78 Å². The molecule has 0 spiro atoms. The van der Waals surface area contributed by atoms with Gasteiger partial charge in [-0.25, -0.2) is 0 Å². The first-order chi connectivity index (χ1) is 14.0. The molecule has 0 aromatic heterocycles. The van der Waals surface area contributed by atoms with Crippen molar-refractivity contribution < 1.29 is 14.6 Å². The minimum absolute atomic E-state index is 0.0483. The van der Waals surface area contributed by atoms with Crippen LogP contribution in [-0.4, -0.2) is 28.5 Å². The first-order valence-electron chi connectivity index (χ1n) is 10.4. The first-order valence-corrected chi connectivity index (χ1v) is 11.4. The van der Waals surface area contributed by atoms with Crippen molar-refractivity contribution in [1.29, 1.82) is 0 Å². The molecular formula is C25H30O3S. The van der Waals surface area contributed by atoms with Gasteiger partial charge in [0.05, 0.1) is 6.61 Å². The summed E-state index contributed by atoms with van der Waals surface area (Å²) in [5.41, 5.74) is 3.15. The standard InChI is InChI=1S/C25H30O3S/c1-18-16-20(17-19(2)25(18)27)8-13-24(26)21-9-11-22(12-10-21)28-14-15-29-23-6-4-3-5-7-23/h8-13,16-17,23,27H,3-7,14-15H2,1-2H3. The van der Waals surface area contributed by atoms with Gasteiger partial charge in [0.2, 0.25) is 0 Å². The average Bonchev–Trinajstić information content (AvgIpc) is 2.74. The SMILES string of the molecule is Cc1cc(C=CC(=O)c2ccc(OCCSC3CCCCC3)cc2)cc(C)c1O. The maximum Gasteiger partial charge on any atom is 0.185 e. The molecule has 3 rings (SSSR count). The number of aromatic hydroxyl groups is 1. The molecule has 1 aliphatic carbocycles. The molecule has 0 radical (unpaired) electrons. The normalized spacial score (nSPS) is 15.0. The lowest BCUT2D eigenvalue weighted by Gasteiger charge is -2.20. The quantitative estimate of drug-likeness (QED) is 0.313. The van der Waals surface area contributed by atoms with Gasteiger partial charge in [0.1, 0.15) is 11.5 Å². The van der Waals surface area contributed by atoms with Crippen LogP contribution in [-0.2, 0) is 0 Å². The lowest BCUT2D eigenvalue weighted by molar-refractivity contribution is 0.104. The molecule has 0 amide bonds. The molecule has 3 nitrogen and oxygen atoms in total. The zero-order valence-corrected chi connectivity index (χ0v) is 18.1. The maximum absolute atomic E-state index is 12.4. The highest BCUT2D eigenvalue weighted by Crippen LogP contribution is 2.28. The Labute approximate surface area is 178 Å². The summed E-state index contributed by atoms with van der Waals surface area (Å²) in [5.74, 6) is 2.08. The number of carbonyl (C=O) groups is 1. The van der Waals surface area contributed by atoms with Crippen LogP contribution in [0.5, 0.6) is 11.5 Å². The number of phenolic OH excluding ortho intramolecular Hbond substituents is 1. The van der Waals surface area contributed by atoms with E-state index in [2.05, 4.69) is 0 Å². The number of allylic oxidation sites excluding steroid dienone is 1. The van der Waals surface area contributed by atoms with Gasteiger partial charge >= 0.3 is 0 Å². The summed E-state index contributed by atoms with van der Waals surface area (Å²) in [6.45, 7) is 4.41. The van der Waals surface area contributed by atoms with E-state index in [1.54, 1.807) is 12.2 Å². The number of aryl methyl sites for hydroxylation is 2. The average molecular weight is 411 g/mol. The lowest BCUT2D eigenvalue weighted by atomic mass is 10.0. The molecule has 1 fully saturated rings. The third-order valence-electron chi connectivity index (χ3n) is 5.34. The topological polar surface area (TPSA) is 46.5 Å². The van der Waals surface area contributed by atoms with Crippen LogP contribution in [0.4, 0.5) is 0 Å². The lowest BCUT2D eigenvalue weighted by Crippen LogP contribution is -2.11. The number of benzene rings is 2. The van der Waals surface area contributed by atoms with E-state index in [1.165, 1.54) is 32.1 Å². The third kappa shape index (κ3) is 6.40. The summed E-state index contributed by atoms with van der Waals surface area (Å²) < 4.78 is 5.82. The Morgan fingerprint density at radius 1 is 1.10 bits per heavy atom. The van der Waals surface area contributed by atoms with Gasteiger partial charge in [-0.05, 0) is 85.9 Å². The van der Waals surface area contributed by atoms with Crippen molar-refractivity contribution in [2.24, 2.45) is 0 Å². The zero-order chi connectivity index (χ0) is 20.6. The number of hydrogen-bond acceptors (Lipinski definition) is 4. The Hall–Kier alpha value is -2.20. The molecular weight excluding hydrogens is 380 g/mol. The van der Waals surface area contributed by atoms with Gasteiger partial charge in [0.25, 0.3) is 0 Å². The highest BCUT2D eigenvalue weighted by Gasteiger charge is 2.13. The Morgan fingerprint density at radius 3 is 2.41 bits per heavy atom. The molecule has 2 aromatic rings. The van der Waals surface area contributed by atoms with E-state index >= 15 is 0 Å². The van der Waals surface area contributed by atoms with Crippen molar-refractivity contribution >= 4 is 23.6 Å². The molecule has 0 heterocycles. The summed E-state index contributed by atoms with van der Waals surface area (Å²) in [7, 11) is 0. The van der Waals surface area contributed by atoms with Gasteiger partial charge in [0, 0.05) is 16.6 Å². The summed E-state index contributed by atoms with van der Waals surface area (Å²) in [5, 5.41) is 10.7. The predicted octanol–water partition coefficient (Wildman–Crippen LogP) is 6.35. The Kier molecular flexibility index (Phi) is 7.82. The van der Waals surface area contributed by atoms with Gasteiger partial charge < -0.3 is 9.84 Å². The molecule has 154 valence electrons. The second-order valence-electron chi connectivity index (χ2n) is 7.70. The number of thioether (sulfide) groups is 1. The van der Waals surface area contributed by atoms with Crippen LogP contribution in [0.15, 0.2) is 42.5 Å². The fourth-order valence-corrected chi connectivity index (χ4v) is 4.85. The molecule has 0 aliphatic heterocycles. The van der Waals surface area contributed by atoms with Crippen molar-refractivity contribution in [3.63, 3.8) is 0 Å². The molecule has 1 N–H and O–H groups in total. The van der Waals surface area contributed by atoms with Crippen molar-refractivity contribution in [1.82, 2.24) is 0 Å². The molecule has 4 heteroatoms. The van der Waals surface area contributed by atoms with Crippen molar-refractivity contribution in [2.45, 2.75) is 51.2 Å². The summed E-state index contributed by atoms with van der Waals surface area (Å²) in [4.78, 5) is 12.4. The van der Waals surface area contributed by atoms with Gasteiger partial charge in [-0.15, -0.1) is 0 Å². The third-order valence-corrected chi connectivity index (χ3v) is 6.68. The van der Waals surface area contributed by atoms with Gasteiger partial charge in [-0.2, -0.15) is 11.8 Å². The van der Waals surface area contributed by atoms with Crippen molar-refractivity contribution in [3.8, 4) is 11.5 Å². The number of rotatable bonds is 8. The van der Waals surface area contributed by atoms with E-state index in [1.807, 2.05) is 62.0 Å². The molecule has 1 saturated carbocycles. The number of phenols is 1. The summed E-state index contributed by atoms with van der Waals surface area (Å²) in [6.07, 6.45) is 10.2. The highest BCUT2D eigenvalue weighted by molar-refractivity contribution is 7.99. The molecule has 0 saturated heterocycles. The second-order valence-corrected chi connectivity index (χ2v) is 9.11. The summed E-state index contributed by atoms with van der Waals surface area (Å²) >= 11 is 2.03. The largest absolute Gasteiger partial charge is 0.507 e. The predicted molar refractivity (Wildman–Crippen MR) is 122 cm³/mol. The molecule has 0 bridgehead atoms. The van der Waals surface area contributed by atoms with Crippen LogP contribution in [0.2, 0.25) is 0 Å². The van der Waals surface area contributed by atoms with E-state index in [4.69, 9.17) is 4.74 Å². The van der Waals surface area contributed by atoms with Crippen LogP contribution >= 0.6 is 11.8 Å². The van der Waals surface area contributed by atoms with Gasteiger partial charge in [-0.3, -0.25) is 4.79 Å². The van der Waals surface area contributed by atoms with Gasteiger partial charge in [-0.1, -0.05) is 25.3 Å². The van der Waals surface area contributed by atoms with Crippen LogP contribution in [0.25, 0.3) is 6.08 Å². The molecule has 0 unspecified atom stereocenters. The molecule has 2 aromatic carbocycles. The van der Waals surface area contributed by atoms with Crippen LogP contribution < -0.4 is 4.74 Å². The maximum atomic E-state index is 12.4. The van der Waals surface area contributed by atoms with Crippen LogP contribution in [0.3, 0.4) is 0 Å². The smallest absolute Gasteiger partial charge is 0.185 e. The molecule has 0 atom stereocenters. The number of ketones is 1. The van der Waals surface area contributed by atoms with Gasteiger partial charge in [0.15, 0.2) is 5.78 Å². The first kappa shape index (κ1) is 21.5. The fourth-order valence-electron chi connectivity index (χ4n) is 3.68. The zero-order valence-electron chi connectivity index (χ0n) is 17.3. The Bertz CT molecular complexity index is 826. The van der Waals surface area contributed by atoms with Crippen molar-refractivity contribution in [2.75, 3.05) is 12.4 Å². The number of hydrogen-bond donors (Lipinski definition) is 1. The Morgan fingerprint density at radius 2 is 1.76 bits per heavy atom. The molecule has 1 aliphatic rings. The number of ether oxygens (including phenoxy) is 1. The van der Waals surface area contributed by atoms with E-state index in [9.17, 15) is 9.90 Å². The Balaban J connectivity index is 1.48. The van der Waals surface area contributed by atoms with Crippen molar-refractivity contribution in [3.05, 3.63) is 64.7 Å². The summed E-state index contributed by atoms with van der Waals surface area (Å²) in [6, 6.07) is 11.1. The highest BCUT2D eigenvalue weighted by atomic mass is 32.2. The van der Waals surface area contributed by atoms with E-state index in [0.717, 1.165) is 33.4 Å². The second kappa shape index (κ2) is 10.5. The fraction of sp³-hybridized carbons (Fsp3) is 0.400. The van der Waals surface area contributed by atoms with E-state index < -0.39 is 0 Å².